The van der Waals surface area contributed by atoms with E-state index in [1.165, 1.54) is 35.7 Å². The Morgan fingerprint density at radius 1 is 1.13 bits per heavy atom. The summed E-state index contributed by atoms with van der Waals surface area (Å²) in [5, 5.41) is 0. The molecule has 0 aliphatic carbocycles. The molecule has 4 heteroatoms. The Bertz CT molecular complexity index is 506. The molecule has 1 spiro atoms. The van der Waals surface area contributed by atoms with E-state index in [4.69, 9.17) is 9.47 Å². The van der Waals surface area contributed by atoms with Gasteiger partial charge in [-0.3, -0.25) is 0 Å². The zero-order chi connectivity index (χ0) is 16.3. The molecule has 128 valence electrons. The maximum atomic E-state index is 6.22. The Morgan fingerprint density at radius 2 is 1.87 bits per heavy atom. The molecular formula is C19H29NO2Se. The van der Waals surface area contributed by atoms with Crippen molar-refractivity contribution < 1.29 is 9.47 Å². The van der Waals surface area contributed by atoms with Crippen molar-refractivity contribution in [2.24, 2.45) is 0 Å². The molecule has 0 amide bonds. The van der Waals surface area contributed by atoms with Gasteiger partial charge in [-0.1, -0.05) is 0 Å². The van der Waals surface area contributed by atoms with E-state index in [1.807, 2.05) is 0 Å². The van der Waals surface area contributed by atoms with Crippen LogP contribution in [0.2, 0.25) is 4.82 Å². The van der Waals surface area contributed by atoms with E-state index in [9.17, 15) is 0 Å². The molecule has 1 aromatic carbocycles. The Labute approximate surface area is 146 Å². The van der Waals surface area contributed by atoms with Crippen LogP contribution in [0.15, 0.2) is 24.3 Å². The van der Waals surface area contributed by atoms with Crippen molar-refractivity contribution in [3.63, 3.8) is 0 Å². The first-order valence-electron chi connectivity index (χ1n) is 8.82. The predicted octanol–water partition coefficient (Wildman–Crippen LogP) is 3.13. The number of benzene rings is 1. The zero-order valence-corrected chi connectivity index (χ0v) is 16.3. The molecule has 1 aromatic rings. The molecule has 23 heavy (non-hydrogen) atoms. The van der Waals surface area contributed by atoms with E-state index in [0.29, 0.717) is 25.8 Å². The Kier molecular flexibility index (Phi) is 5.82. The van der Waals surface area contributed by atoms with Crippen molar-refractivity contribution in [2.75, 3.05) is 27.3 Å². The fourth-order valence-corrected chi connectivity index (χ4v) is 6.76. The van der Waals surface area contributed by atoms with Crippen LogP contribution >= 0.6 is 0 Å². The molecule has 3 nitrogen and oxygen atoms in total. The number of rotatable bonds is 4. The van der Waals surface area contributed by atoms with Crippen LogP contribution in [-0.2, 0) is 9.47 Å². The number of nitrogens with zero attached hydrogens (tertiary/aromatic N) is 1. The van der Waals surface area contributed by atoms with Crippen LogP contribution in [0, 0.1) is 0 Å². The van der Waals surface area contributed by atoms with Crippen LogP contribution in [0.4, 0.5) is 0 Å². The molecule has 3 atom stereocenters. The van der Waals surface area contributed by atoms with Crippen LogP contribution in [-0.4, -0.2) is 53.0 Å². The second-order valence-electron chi connectivity index (χ2n) is 6.89. The third-order valence-corrected chi connectivity index (χ3v) is 8.28. The van der Waals surface area contributed by atoms with Crippen LogP contribution in [0.3, 0.4) is 0 Å². The van der Waals surface area contributed by atoms with Gasteiger partial charge in [-0.25, -0.2) is 0 Å². The molecule has 2 saturated heterocycles. The van der Waals surface area contributed by atoms with Gasteiger partial charge in [0.05, 0.1) is 0 Å². The summed E-state index contributed by atoms with van der Waals surface area (Å²) in [6.45, 7) is 4.02. The van der Waals surface area contributed by atoms with Crippen molar-refractivity contribution >= 4 is 19.4 Å². The molecule has 2 fully saturated rings. The average Bonchev–Trinajstić information content (AvgIpc) is 2.58. The van der Waals surface area contributed by atoms with Crippen molar-refractivity contribution in [3.8, 4) is 0 Å². The molecule has 0 unspecified atom stereocenters. The molecule has 2 heterocycles. The van der Waals surface area contributed by atoms with Crippen LogP contribution in [0.25, 0.3) is 0 Å². The number of hydrogen-bond acceptors (Lipinski definition) is 3. The van der Waals surface area contributed by atoms with Gasteiger partial charge in [0.15, 0.2) is 0 Å². The fourth-order valence-electron chi connectivity index (χ4n) is 3.50. The molecule has 0 aromatic heterocycles. The zero-order valence-electron chi connectivity index (χ0n) is 14.6. The van der Waals surface area contributed by atoms with Gasteiger partial charge in [-0.2, -0.15) is 0 Å². The summed E-state index contributed by atoms with van der Waals surface area (Å²) in [7, 11) is 4.31. The maximum absolute atomic E-state index is 6.22. The fraction of sp³-hybridized carbons (Fsp3) is 0.684. The van der Waals surface area contributed by atoms with Crippen LogP contribution < -0.4 is 4.46 Å². The Balaban J connectivity index is 1.82. The van der Waals surface area contributed by atoms with Gasteiger partial charge < -0.3 is 0 Å². The molecular weight excluding hydrogens is 353 g/mol. The Hall–Kier alpha value is -0.381. The molecule has 0 N–H and O–H groups in total. The summed E-state index contributed by atoms with van der Waals surface area (Å²) in [6, 6.07) is 9.40. The van der Waals surface area contributed by atoms with Gasteiger partial charge in [0, 0.05) is 0 Å². The quantitative estimate of drug-likeness (QED) is 0.747. The molecule has 0 saturated carbocycles. The molecule has 3 rings (SSSR count). The van der Waals surface area contributed by atoms with Gasteiger partial charge in [-0.05, 0) is 0 Å². The Morgan fingerprint density at radius 3 is 2.57 bits per heavy atom. The molecule has 0 radical (unpaired) electrons. The van der Waals surface area contributed by atoms with Gasteiger partial charge in [-0.15, -0.1) is 0 Å². The van der Waals surface area contributed by atoms with Crippen molar-refractivity contribution in [1.29, 1.82) is 0 Å². The van der Waals surface area contributed by atoms with E-state index < -0.39 is 0 Å². The second-order valence-corrected chi connectivity index (χ2v) is 9.50. The second kappa shape index (κ2) is 7.67. The van der Waals surface area contributed by atoms with E-state index in [-0.39, 0.29) is 5.79 Å². The number of ether oxygens (including phenoxy) is 2. The SMILES string of the molecule is C[C@H](c1ccccc1[Se][C@@H]1CCCO[C@]12CCCCO2)N(C)C. The molecule has 0 bridgehead atoms. The predicted molar refractivity (Wildman–Crippen MR) is 95.4 cm³/mol. The standard InChI is InChI=1S/C19H29NO2Se/c1-15(20(2)3)16-9-4-5-10-17(16)23-18-11-8-14-22-19(18)12-6-7-13-21-19/h4-5,9-10,15,18H,6-8,11-14H2,1-3H3/t15-,18-,19-/m1/s1. The topological polar surface area (TPSA) is 21.7 Å². The van der Waals surface area contributed by atoms with E-state index >= 15 is 0 Å². The van der Waals surface area contributed by atoms with E-state index in [2.05, 4.69) is 50.2 Å². The summed E-state index contributed by atoms with van der Waals surface area (Å²) in [4.78, 5) is 2.83. The van der Waals surface area contributed by atoms with Crippen molar-refractivity contribution in [2.45, 2.75) is 55.7 Å². The normalized spacial score (nSPS) is 29.8. The van der Waals surface area contributed by atoms with Crippen molar-refractivity contribution in [3.05, 3.63) is 29.8 Å². The minimum atomic E-state index is -0.287. The minimum absolute atomic E-state index is 0.287. The summed E-state index contributed by atoms with van der Waals surface area (Å²) in [5.74, 6) is -0.287. The summed E-state index contributed by atoms with van der Waals surface area (Å²) in [5.41, 5.74) is 1.47. The summed E-state index contributed by atoms with van der Waals surface area (Å²) >= 11 is 0.388. The third kappa shape index (κ3) is 3.83. The monoisotopic (exact) mass is 383 g/mol. The van der Waals surface area contributed by atoms with Gasteiger partial charge in [0.1, 0.15) is 0 Å². The summed E-state index contributed by atoms with van der Waals surface area (Å²) in [6.07, 6.45) is 5.90. The first-order valence-corrected chi connectivity index (χ1v) is 10.7. The van der Waals surface area contributed by atoms with Crippen molar-refractivity contribution in [1.82, 2.24) is 4.90 Å². The van der Waals surface area contributed by atoms with E-state index in [0.717, 1.165) is 19.6 Å². The molecule has 2 aliphatic rings. The van der Waals surface area contributed by atoms with Gasteiger partial charge in [0.25, 0.3) is 0 Å². The molecule has 2 aliphatic heterocycles. The third-order valence-electron chi connectivity index (χ3n) is 5.13. The first kappa shape index (κ1) is 17.4. The van der Waals surface area contributed by atoms with Crippen LogP contribution in [0.5, 0.6) is 0 Å². The van der Waals surface area contributed by atoms with Gasteiger partial charge >= 0.3 is 147 Å². The summed E-state index contributed by atoms with van der Waals surface area (Å²) < 4.78 is 14.0. The average molecular weight is 382 g/mol. The first-order chi connectivity index (χ1) is 11.1. The number of hydrogen-bond donors (Lipinski definition) is 0. The van der Waals surface area contributed by atoms with Gasteiger partial charge in [0.2, 0.25) is 0 Å². The van der Waals surface area contributed by atoms with Crippen LogP contribution in [0.1, 0.15) is 50.6 Å². The van der Waals surface area contributed by atoms with E-state index in [1.54, 1.807) is 0 Å².